The fourth-order valence-electron chi connectivity index (χ4n) is 1.07. The van der Waals surface area contributed by atoms with Crippen LogP contribution in [0.4, 0.5) is 0 Å². The molecule has 1 aromatic carbocycles. The van der Waals surface area contributed by atoms with Crippen molar-refractivity contribution in [3.8, 4) is 17.2 Å². The van der Waals surface area contributed by atoms with Gasteiger partial charge in [0.2, 0.25) is 5.75 Å². The van der Waals surface area contributed by atoms with Crippen LogP contribution in [0.3, 0.4) is 0 Å². The minimum absolute atomic E-state index is 0.230. The average Bonchev–Trinajstić information content (AvgIpc) is 2.75. The summed E-state index contributed by atoms with van der Waals surface area (Å²) in [7, 11) is 0. The Hall–Kier alpha value is -1.44. The molecule has 2 rings (SSSR count). The van der Waals surface area contributed by atoms with Crippen LogP contribution < -0.4 is 4.74 Å². The summed E-state index contributed by atoms with van der Waals surface area (Å²) in [5.41, 5.74) is 1.03. The van der Waals surface area contributed by atoms with E-state index in [4.69, 9.17) is 9.84 Å². The Bertz CT molecular complexity index is 327. The SMILES string of the molecule is CC=Cc1ccc(O)c2c1O2. The van der Waals surface area contributed by atoms with Crippen LogP contribution in [0.25, 0.3) is 6.08 Å². The van der Waals surface area contributed by atoms with Crippen LogP contribution in [-0.4, -0.2) is 5.11 Å². The molecule has 1 aliphatic heterocycles. The second-order valence-corrected chi connectivity index (χ2v) is 2.43. The van der Waals surface area contributed by atoms with E-state index in [0.717, 1.165) is 11.3 Å². The van der Waals surface area contributed by atoms with Crippen molar-refractivity contribution in [3.63, 3.8) is 0 Å². The Labute approximate surface area is 64.7 Å². The molecule has 0 aromatic heterocycles. The molecule has 0 saturated carbocycles. The molecule has 0 fully saturated rings. The van der Waals surface area contributed by atoms with Gasteiger partial charge in [-0.1, -0.05) is 12.2 Å². The highest BCUT2D eigenvalue weighted by atomic mass is 16.6. The van der Waals surface area contributed by atoms with E-state index < -0.39 is 0 Å². The molecule has 0 radical (unpaired) electrons. The van der Waals surface area contributed by atoms with Crippen LogP contribution in [0.2, 0.25) is 0 Å². The quantitative estimate of drug-likeness (QED) is 0.630. The van der Waals surface area contributed by atoms with Crippen LogP contribution in [0.1, 0.15) is 12.5 Å². The van der Waals surface area contributed by atoms with E-state index in [9.17, 15) is 0 Å². The molecule has 0 bridgehead atoms. The zero-order valence-electron chi connectivity index (χ0n) is 6.16. The summed E-state index contributed by atoms with van der Waals surface area (Å²) < 4.78 is 5.05. The first-order chi connectivity index (χ1) is 5.33. The summed E-state index contributed by atoms with van der Waals surface area (Å²) in [6.45, 7) is 1.95. The van der Waals surface area contributed by atoms with Crippen molar-refractivity contribution < 1.29 is 9.84 Å². The van der Waals surface area contributed by atoms with Gasteiger partial charge in [0.05, 0.1) is 0 Å². The second kappa shape index (κ2) is 2.02. The van der Waals surface area contributed by atoms with E-state index >= 15 is 0 Å². The topological polar surface area (TPSA) is 32.8 Å². The molecule has 0 spiro atoms. The molecule has 1 aliphatic rings. The number of hydrogen-bond acceptors (Lipinski definition) is 2. The van der Waals surface area contributed by atoms with Crippen LogP contribution in [-0.2, 0) is 0 Å². The van der Waals surface area contributed by atoms with E-state index in [1.165, 1.54) is 0 Å². The lowest BCUT2D eigenvalue weighted by atomic mass is 10.2. The van der Waals surface area contributed by atoms with Gasteiger partial charge in [-0.2, -0.15) is 0 Å². The molecule has 56 valence electrons. The molecule has 0 unspecified atom stereocenters. The van der Waals surface area contributed by atoms with E-state index in [1.807, 2.05) is 25.1 Å². The summed E-state index contributed by atoms with van der Waals surface area (Å²) in [5, 5.41) is 9.11. The van der Waals surface area contributed by atoms with Crippen molar-refractivity contribution in [2.45, 2.75) is 6.92 Å². The first-order valence-electron chi connectivity index (χ1n) is 3.49. The van der Waals surface area contributed by atoms with Gasteiger partial charge in [-0.25, -0.2) is 0 Å². The van der Waals surface area contributed by atoms with Crippen molar-refractivity contribution in [2.75, 3.05) is 0 Å². The molecule has 1 N–H and O–H groups in total. The average molecular weight is 148 g/mol. The van der Waals surface area contributed by atoms with Crippen LogP contribution >= 0.6 is 0 Å². The second-order valence-electron chi connectivity index (χ2n) is 2.43. The van der Waals surface area contributed by atoms with Gasteiger partial charge in [0.1, 0.15) is 0 Å². The predicted molar refractivity (Wildman–Crippen MR) is 42.9 cm³/mol. The lowest BCUT2D eigenvalue weighted by Crippen LogP contribution is -1.62. The minimum Gasteiger partial charge on any atom is -0.504 e. The molecule has 0 aliphatic carbocycles. The normalized spacial score (nSPS) is 12.8. The third-order valence-electron chi connectivity index (χ3n) is 1.63. The Morgan fingerprint density at radius 2 is 2.18 bits per heavy atom. The molecular formula is C9H8O2. The highest BCUT2D eigenvalue weighted by molar-refractivity contribution is 5.74. The Balaban J connectivity index is 2.48. The number of phenolic OH excluding ortho intramolecular Hbond substituents is 1. The number of ether oxygens (including phenoxy) is 1. The zero-order chi connectivity index (χ0) is 7.84. The van der Waals surface area contributed by atoms with Crippen molar-refractivity contribution in [3.05, 3.63) is 23.8 Å². The number of rotatable bonds is 1. The molecular weight excluding hydrogens is 140 g/mol. The van der Waals surface area contributed by atoms with Gasteiger partial charge < -0.3 is 9.84 Å². The molecule has 2 nitrogen and oxygen atoms in total. The molecule has 0 amide bonds. The smallest absolute Gasteiger partial charge is 0.212 e. The van der Waals surface area contributed by atoms with Gasteiger partial charge in [-0.15, -0.1) is 0 Å². The van der Waals surface area contributed by atoms with Crippen molar-refractivity contribution >= 4 is 6.08 Å². The summed E-state index contributed by atoms with van der Waals surface area (Å²) >= 11 is 0. The summed E-state index contributed by atoms with van der Waals surface area (Å²) in [6.07, 6.45) is 3.89. The first kappa shape index (κ1) is 6.28. The fourth-order valence-corrected chi connectivity index (χ4v) is 1.07. The molecule has 0 saturated heterocycles. The summed E-state index contributed by atoms with van der Waals surface area (Å²) in [5.74, 6) is 1.66. The standard InChI is InChI=1S/C9H8O2/c1-2-3-6-4-5-7(10)9-8(6)11-9/h2-5,10H,1H3. The Morgan fingerprint density at radius 3 is 2.91 bits per heavy atom. The summed E-state index contributed by atoms with van der Waals surface area (Å²) in [6, 6.07) is 3.47. The Morgan fingerprint density at radius 1 is 1.36 bits per heavy atom. The van der Waals surface area contributed by atoms with Gasteiger partial charge in [-0.05, 0) is 19.1 Å². The fraction of sp³-hybridized carbons (Fsp3) is 0.111. The number of phenols is 1. The summed E-state index contributed by atoms with van der Waals surface area (Å²) in [4.78, 5) is 0. The molecule has 11 heavy (non-hydrogen) atoms. The van der Waals surface area contributed by atoms with Gasteiger partial charge in [0.15, 0.2) is 11.5 Å². The maximum atomic E-state index is 9.11. The predicted octanol–water partition coefficient (Wildman–Crippen LogP) is 2.53. The minimum atomic E-state index is 0.230. The largest absolute Gasteiger partial charge is 0.504 e. The van der Waals surface area contributed by atoms with Gasteiger partial charge in [-0.3, -0.25) is 0 Å². The number of hydrogen-bond donors (Lipinski definition) is 1. The third-order valence-corrected chi connectivity index (χ3v) is 1.63. The van der Waals surface area contributed by atoms with Crippen molar-refractivity contribution in [1.82, 2.24) is 0 Å². The van der Waals surface area contributed by atoms with Crippen molar-refractivity contribution in [2.24, 2.45) is 0 Å². The van der Waals surface area contributed by atoms with Crippen LogP contribution in [0, 0.1) is 0 Å². The molecule has 1 aromatic rings. The van der Waals surface area contributed by atoms with E-state index in [0.29, 0.717) is 5.75 Å². The zero-order valence-corrected chi connectivity index (χ0v) is 6.16. The van der Waals surface area contributed by atoms with E-state index in [2.05, 4.69) is 0 Å². The lowest BCUT2D eigenvalue weighted by Gasteiger charge is -1.85. The highest BCUT2D eigenvalue weighted by Gasteiger charge is 2.27. The molecule has 1 heterocycles. The number of aromatic hydroxyl groups is 1. The number of benzene rings is 1. The number of allylic oxidation sites excluding steroid dienone is 1. The Kier molecular flexibility index (Phi) is 1.15. The van der Waals surface area contributed by atoms with Gasteiger partial charge in [0.25, 0.3) is 0 Å². The highest BCUT2D eigenvalue weighted by Crippen LogP contribution is 2.54. The van der Waals surface area contributed by atoms with Crippen LogP contribution in [0.5, 0.6) is 17.2 Å². The third kappa shape index (κ3) is 0.871. The van der Waals surface area contributed by atoms with E-state index in [1.54, 1.807) is 6.07 Å². The van der Waals surface area contributed by atoms with Crippen LogP contribution in [0.15, 0.2) is 18.2 Å². The monoisotopic (exact) mass is 148 g/mol. The maximum absolute atomic E-state index is 9.11. The van der Waals surface area contributed by atoms with Crippen molar-refractivity contribution in [1.29, 1.82) is 0 Å². The maximum Gasteiger partial charge on any atom is 0.212 e. The number of fused-ring (bicyclic) bond motifs is 1. The van der Waals surface area contributed by atoms with Gasteiger partial charge >= 0.3 is 0 Å². The molecule has 0 atom stereocenters. The molecule has 2 heteroatoms. The van der Waals surface area contributed by atoms with Gasteiger partial charge in [0, 0.05) is 5.56 Å². The first-order valence-corrected chi connectivity index (χ1v) is 3.49. The lowest BCUT2D eigenvalue weighted by molar-refractivity contribution is 0.463. The van der Waals surface area contributed by atoms with E-state index in [-0.39, 0.29) is 5.75 Å².